The number of para-hydroxylation sites is 1. The van der Waals surface area contributed by atoms with Gasteiger partial charge in [-0.05, 0) is 61.9 Å². The Hall–Kier alpha value is -2.03. The molecule has 1 heterocycles. The summed E-state index contributed by atoms with van der Waals surface area (Å²) >= 11 is 1.58. The summed E-state index contributed by atoms with van der Waals surface area (Å²) < 4.78 is 32.6. The maximum absolute atomic E-state index is 13.0. The lowest BCUT2D eigenvalue weighted by atomic mass is 9.97. The molecule has 1 fully saturated rings. The highest BCUT2D eigenvalue weighted by Gasteiger charge is 2.32. The number of carbonyl (C=O) groups excluding carboxylic acids is 1. The number of thioether (sulfide) groups is 1. The second-order valence-corrected chi connectivity index (χ2v) is 9.79. The smallest absolute Gasteiger partial charge is 0.243 e. The van der Waals surface area contributed by atoms with E-state index in [-0.39, 0.29) is 16.7 Å². The van der Waals surface area contributed by atoms with E-state index in [1.54, 1.807) is 37.1 Å². The molecule has 0 radical (unpaired) electrons. The van der Waals surface area contributed by atoms with E-state index in [0.717, 1.165) is 16.1 Å². The molecule has 1 amide bonds. The number of ether oxygens (including phenoxy) is 1. The molecule has 1 aliphatic rings. The molecule has 2 aromatic carbocycles. The van der Waals surface area contributed by atoms with Gasteiger partial charge in [-0.25, -0.2) is 8.42 Å². The molecular weight excluding hydrogens is 408 g/mol. The van der Waals surface area contributed by atoms with Crippen molar-refractivity contribution in [1.29, 1.82) is 0 Å². The monoisotopic (exact) mass is 434 g/mol. The summed E-state index contributed by atoms with van der Waals surface area (Å²) in [6.45, 7) is 2.48. The lowest BCUT2D eigenvalue weighted by molar-refractivity contribution is -0.120. The first-order valence-electron chi connectivity index (χ1n) is 9.45. The first-order valence-corrected chi connectivity index (χ1v) is 12.1. The highest BCUT2D eigenvalue weighted by molar-refractivity contribution is 7.98. The van der Waals surface area contributed by atoms with Crippen molar-refractivity contribution in [3.63, 3.8) is 0 Å². The minimum Gasteiger partial charge on any atom is -0.496 e. The van der Waals surface area contributed by atoms with E-state index in [1.165, 1.54) is 4.31 Å². The van der Waals surface area contributed by atoms with Crippen molar-refractivity contribution < 1.29 is 17.9 Å². The molecule has 0 atom stereocenters. The van der Waals surface area contributed by atoms with E-state index < -0.39 is 10.0 Å². The fourth-order valence-corrected chi connectivity index (χ4v) is 5.61. The number of piperidine rings is 1. The van der Waals surface area contributed by atoms with Gasteiger partial charge in [0.15, 0.2) is 0 Å². The van der Waals surface area contributed by atoms with E-state index in [9.17, 15) is 13.2 Å². The van der Waals surface area contributed by atoms with Crippen molar-refractivity contribution in [3.8, 4) is 5.75 Å². The standard InChI is InChI=1S/C21H26N2O4S2/c1-15-14-17(8-9-19(15)27-2)29(25,26)23-12-10-16(11-13-23)21(24)22-18-6-4-5-7-20(18)28-3/h4-9,14,16H,10-13H2,1-3H3,(H,22,24). The van der Waals surface area contributed by atoms with Crippen LogP contribution in [0.25, 0.3) is 0 Å². The molecule has 2 aromatic rings. The molecule has 0 aromatic heterocycles. The van der Waals surface area contributed by atoms with Gasteiger partial charge in [-0.1, -0.05) is 12.1 Å². The van der Waals surface area contributed by atoms with Crippen LogP contribution in [0.2, 0.25) is 0 Å². The first-order chi connectivity index (χ1) is 13.9. The Kier molecular flexibility index (Phi) is 6.87. The zero-order valence-corrected chi connectivity index (χ0v) is 18.5. The van der Waals surface area contributed by atoms with Crippen molar-refractivity contribution in [1.82, 2.24) is 4.31 Å². The molecule has 0 unspecified atom stereocenters. The van der Waals surface area contributed by atoms with Crippen molar-refractivity contribution in [2.45, 2.75) is 29.6 Å². The number of anilines is 1. The van der Waals surface area contributed by atoms with Crippen LogP contribution in [-0.4, -0.2) is 45.1 Å². The van der Waals surface area contributed by atoms with Crippen LogP contribution in [0, 0.1) is 12.8 Å². The van der Waals surface area contributed by atoms with Crippen molar-refractivity contribution in [3.05, 3.63) is 48.0 Å². The predicted molar refractivity (Wildman–Crippen MR) is 116 cm³/mol. The number of rotatable bonds is 6. The lowest BCUT2D eigenvalue weighted by Crippen LogP contribution is -2.41. The highest BCUT2D eigenvalue weighted by Crippen LogP contribution is 2.29. The second-order valence-electron chi connectivity index (χ2n) is 7.00. The van der Waals surface area contributed by atoms with E-state index in [2.05, 4.69) is 5.32 Å². The fourth-order valence-electron chi connectivity index (χ4n) is 3.50. The van der Waals surface area contributed by atoms with Crippen LogP contribution in [0.3, 0.4) is 0 Å². The fraction of sp³-hybridized carbons (Fsp3) is 0.381. The number of aryl methyl sites for hydroxylation is 1. The molecule has 3 rings (SSSR count). The van der Waals surface area contributed by atoms with Crippen LogP contribution in [0.1, 0.15) is 18.4 Å². The number of nitrogens with zero attached hydrogens (tertiary/aromatic N) is 1. The molecule has 29 heavy (non-hydrogen) atoms. The summed E-state index contributed by atoms with van der Waals surface area (Å²) in [5, 5.41) is 2.99. The predicted octanol–water partition coefficient (Wildman–Crippen LogP) is 3.76. The van der Waals surface area contributed by atoms with Gasteiger partial charge in [0.25, 0.3) is 0 Å². The molecule has 1 N–H and O–H groups in total. The molecule has 0 saturated carbocycles. The number of amides is 1. The quantitative estimate of drug-likeness (QED) is 0.701. The second kappa shape index (κ2) is 9.19. The Morgan fingerprint density at radius 3 is 2.48 bits per heavy atom. The van der Waals surface area contributed by atoms with Gasteiger partial charge in [-0.3, -0.25) is 4.79 Å². The van der Waals surface area contributed by atoms with Crippen molar-refractivity contribution in [2.75, 3.05) is 31.8 Å². The largest absolute Gasteiger partial charge is 0.496 e. The zero-order valence-electron chi connectivity index (χ0n) is 16.8. The molecule has 6 nitrogen and oxygen atoms in total. The Morgan fingerprint density at radius 1 is 1.17 bits per heavy atom. The summed E-state index contributed by atoms with van der Waals surface area (Å²) in [6, 6.07) is 12.5. The normalized spacial score (nSPS) is 15.8. The number of hydrogen-bond donors (Lipinski definition) is 1. The Balaban J connectivity index is 1.65. The minimum absolute atomic E-state index is 0.0520. The summed E-state index contributed by atoms with van der Waals surface area (Å²) in [7, 11) is -2.03. The zero-order chi connectivity index (χ0) is 21.0. The third kappa shape index (κ3) is 4.76. The van der Waals surface area contributed by atoms with E-state index in [0.29, 0.717) is 31.7 Å². The van der Waals surface area contributed by atoms with E-state index in [1.807, 2.05) is 37.4 Å². The molecule has 0 bridgehead atoms. The summed E-state index contributed by atoms with van der Waals surface area (Å²) in [6.07, 6.45) is 2.97. The Morgan fingerprint density at radius 2 is 1.86 bits per heavy atom. The van der Waals surface area contributed by atoms with E-state index in [4.69, 9.17) is 4.74 Å². The van der Waals surface area contributed by atoms with Gasteiger partial charge in [0, 0.05) is 23.9 Å². The number of nitrogens with one attached hydrogen (secondary N) is 1. The SMILES string of the molecule is COc1ccc(S(=O)(=O)N2CCC(C(=O)Nc3ccccc3SC)CC2)cc1C. The maximum atomic E-state index is 13.0. The van der Waals surface area contributed by atoms with Gasteiger partial charge in [0.05, 0.1) is 17.7 Å². The van der Waals surface area contributed by atoms with Gasteiger partial charge >= 0.3 is 0 Å². The number of carbonyl (C=O) groups is 1. The number of methoxy groups -OCH3 is 1. The molecule has 1 aliphatic heterocycles. The van der Waals surface area contributed by atoms with Gasteiger partial charge in [-0.2, -0.15) is 4.31 Å². The lowest BCUT2D eigenvalue weighted by Gasteiger charge is -2.30. The molecule has 0 spiro atoms. The summed E-state index contributed by atoms with van der Waals surface area (Å²) in [5.74, 6) is 0.405. The Labute approximate surface area is 176 Å². The summed E-state index contributed by atoms with van der Waals surface area (Å²) in [5.41, 5.74) is 1.57. The molecule has 0 aliphatic carbocycles. The topological polar surface area (TPSA) is 75.7 Å². The average Bonchev–Trinajstić information content (AvgIpc) is 2.74. The van der Waals surface area contributed by atoms with Crippen molar-refractivity contribution >= 4 is 33.4 Å². The third-order valence-corrected chi connectivity index (χ3v) is 7.88. The van der Waals surface area contributed by atoms with Gasteiger partial charge in [0.1, 0.15) is 5.75 Å². The van der Waals surface area contributed by atoms with Gasteiger partial charge < -0.3 is 10.1 Å². The summed E-state index contributed by atoms with van der Waals surface area (Å²) in [4.78, 5) is 13.9. The van der Waals surface area contributed by atoms with Crippen LogP contribution >= 0.6 is 11.8 Å². The van der Waals surface area contributed by atoms with Gasteiger partial charge in [-0.15, -0.1) is 11.8 Å². The van der Waals surface area contributed by atoms with E-state index >= 15 is 0 Å². The minimum atomic E-state index is -3.59. The molecule has 8 heteroatoms. The molecule has 156 valence electrons. The van der Waals surface area contributed by atoms with Crippen LogP contribution in [0.15, 0.2) is 52.3 Å². The van der Waals surface area contributed by atoms with Crippen molar-refractivity contribution in [2.24, 2.45) is 5.92 Å². The number of sulfonamides is 1. The first kappa shape index (κ1) is 21.7. The average molecular weight is 435 g/mol. The highest BCUT2D eigenvalue weighted by atomic mass is 32.2. The number of hydrogen-bond acceptors (Lipinski definition) is 5. The van der Waals surface area contributed by atoms with Gasteiger partial charge in [0.2, 0.25) is 15.9 Å². The van der Waals surface area contributed by atoms with Crippen LogP contribution in [-0.2, 0) is 14.8 Å². The third-order valence-electron chi connectivity index (χ3n) is 5.19. The number of benzene rings is 2. The Bertz CT molecular complexity index is 984. The van der Waals surface area contributed by atoms with Crippen LogP contribution in [0.5, 0.6) is 5.75 Å². The van der Waals surface area contributed by atoms with Crippen LogP contribution in [0.4, 0.5) is 5.69 Å². The maximum Gasteiger partial charge on any atom is 0.243 e. The molecule has 1 saturated heterocycles. The van der Waals surface area contributed by atoms with Crippen LogP contribution < -0.4 is 10.1 Å². The molecular formula is C21H26N2O4S2.